The highest BCUT2D eigenvalue weighted by Gasteiger charge is 2.06. The first-order valence-electron chi connectivity index (χ1n) is 8.01. The number of aryl methyl sites for hydroxylation is 1. The van der Waals surface area contributed by atoms with Crippen molar-refractivity contribution in [2.75, 3.05) is 0 Å². The minimum absolute atomic E-state index is 0.389. The fraction of sp³-hybridized carbons (Fsp3) is 0.0476. The van der Waals surface area contributed by atoms with Crippen LogP contribution in [-0.2, 0) is 0 Å². The summed E-state index contributed by atoms with van der Waals surface area (Å²) in [7, 11) is 0. The molecule has 0 saturated heterocycles. The Morgan fingerprint density at radius 3 is 1.56 bits per heavy atom. The topological polar surface area (TPSA) is 82.1 Å². The number of rotatable bonds is 3. The molecule has 3 aromatic rings. The fourth-order valence-electron chi connectivity index (χ4n) is 1.96. The second-order valence-electron chi connectivity index (χ2n) is 5.21. The van der Waals surface area contributed by atoms with E-state index in [4.69, 9.17) is 14.6 Å². The maximum Gasteiger partial charge on any atom is 0.519 e. The lowest BCUT2D eigenvalue weighted by Crippen LogP contribution is -2.13. The predicted molar refractivity (Wildman–Crippen MR) is 99.4 cm³/mol. The third-order valence-electron chi connectivity index (χ3n) is 3.18. The maximum absolute atomic E-state index is 11.3. The Morgan fingerprint density at radius 2 is 1.11 bits per heavy atom. The number of ether oxygens (including phenoxy) is 3. The van der Waals surface area contributed by atoms with Gasteiger partial charge in [0.15, 0.2) is 0 Å². The lowest BCUT2D eigenvalue weighted by molar-refractivity contribution is 0.144. The minimum atomic E-state index is -1.28. The van der Waals surface area contributed by atoms with E-state index in [1.165, 1.54) is 0 Å². The van der Waals surface area contributed by atoms with Crippen LogP contribution in [0, 0.1) is 6.92 Å². The van der Waals surface area contributed by atoms with Crippen LogP contribution in [0.3, 0.4) is 0 Å². The molecule has 0 aliphatic rings. The van der Waals surface area contributed by atoms with Crippen molar-refractivity contribution in [1.29, 1.82) is 0 Å². The summed E-state index contributed by atoms with van der Waals surface area (Å²) in [6.07, 6.45) is -2.02. The SMILES string of the molecule is Cc1ccccc1OC(=O)O.O=C(Oc1ccccc1)Oc1ccccc1. The number of para-hydroxylation sites is 3. The molecule has 1 N–H and O–H groups in total. The number of hydrogen-bond acceptors (Lipinski definition) is 5. The van der Waals surface area contributed by atoms with Crippen molar-refractivity contribution in [1.82, 2.24) is 0 Å². The number of benzene rings is 3. The van der Waals surface area contributed by atoms with Crippen LogP contribution in [0.5, 0.6) is 17.2 Å². The van der Waals surface area contributed by atoms with Crippen molar-refractivity contribution in [2.45, 2.75) is 6.92 Å². The lowest BCUT2D eigenvalue weighted by Gasteiger charge is -2.04. The molecule has 6 nitrogen and oxygen atoms in total. The van der Waals surface area contributed by atoms with Crippen molar-refractivity contribution >= 4 is 12.3 Å². The van der Waals surface area contributed by atoms with Gasteiger partial charge in [0.2, 0.25) is 0 Å². The Labute approximate surface area is 156 Å². The van der Waals surface area contributed by atoms with Gasteiger partial charge in [0.25, 0.3) is 0 Å². The number of carbonyl (C=O) groups excluding carboxylic acids is 1. The predicted octanol–water partition coefficient (Wildman–Crippen LogP) is 5.32. The van der Waals surface area contributed by atoms with Gasteiger partial charge in [-0.15, -0.1) is 0 Å². The Kier molecular flexibility index (Phi) is 7.41. The van der Waals surface area contributed by atoms with E-state index in [1.807, 2.05) is 18.2 Å². The van der Waals surface area contributed by atoms with E-state index < -0.39 is 12.3 Å². The second kappa shape index (κ2) is 10.2. The Bertz CT molecular complexity index is 819. The summed E-state index contributed by atoms with van der Waals surface area (Å²) in [5.74, 6) is 1.31. The smallest absolute Gasteiger partial charge is 0.449 e. The van der Waals surface area contributed by atoms with Crippen LogP contribution in [0.4, 0.5) is 9.59 Å². The summed E-state index contributed by atoms with van der Waals surface area (Å²) in [4.78, 5) is 21.4. The molecular formula is C21H18O6. The lowest BCUT2D eigenvalue weighted by atomic mass is 10.2. The molecule has 0 aliphatic heterocycles. The first kappa shape index (κ1) is 19.5. The number of carbonyl (C=O) groups is 2. The highest BCUT2D eigenvalue weighted by molar-refractivity contribution is 5.66. The van der Waals surface area contributed by atoms with Gasteiger partial charge in [-0.2, -0.15) is 0 Å². The molecule has 0 atom stereocenters. The second-order valence-corrected chi connectivity index (χ2v) is 5.21. The molecule has 0 amide bonds. The van der Waals surface area contributed by atoms with Crippen LogP contribution in [0.1, 0.15) is 5.56 Å². The van der Waals surface area contributed by atoms with Gasteiger partial charge >= 0.3 is 12.3 Å². The third-order valence-corrected chi connectivity index (χ3v) is 3.18. The molecule has 3 rings (SSSR count). The first-order valence-corrected chi connectivity index (χ1v) is 8.01. The molecule has 0 saturated carbocycles. The highest BCUT2D eigenvalue weighted by atomic mass is 16.7. The van der Waals surface area contributed by atoms with Gasteiger partial charge < -0.3 is 19.3 Å². The Balaban J connectivity index is 0.000000208. The molecule has 0 radical (unpaired) electrons. The quantitative estimate of drug-likeness (QED) is 0.499. The summed E-state index contributed by atoms with van der Waals surface area (Å²) in [6.45, 7) is 1.79. The summed E-state index contributed by atoms with van der Waals surface area (Å²) in [5.41, 5.74) is 0.815. The number of carboxylic acid groups (broad SMARTS) is 1. The standard InChI is InChI=1S/C13H10O3.C8H8O3/c14-13(15-11-7-3-1-4-8-11)16-12-9-5-2-6-10-12;1-6-4-2-3-5-7(6)11-8(9)10/h1-10H;2-5H,1H3,(H,9,10). The van der Waals surface area contributed by atoms with Crippen LogP contribution in [0.25, 0.3) is 0 Å². The van der Waals surface area contributed by atoms with Gasteiger partial charge in [0, 0.05) is 0 Å². The van der Waals surface area contributed by atoms with Gasteiger partial charge in [0.05, 0.1) is 0 Å². The van der Waals surface area contributed by atoms with Gasteiger partial charge in [-0.25, -0.2) is 9.59 Å². The van der Waals surface area contributed by atoms with Crippen molar-refractivity contribution in [2.24, 2.45) is 0 Å². The van der Waals surface area contributed by atoms with Crippen molar-refractivity contribution < 1.29 is 28.9 Å². The van der Waals surface area contributed by atoms with E-state index in [1.54, 1.807) is 73.7 Å². The molecule has 27 heavy (non-hydrogen) atoms. The molecule has 0 spiro atoms. The maximum atomic E-state index is 11.3. The van der Waals surface area contributed by atoms with Gasteiger partial charge in [0.1, 0.15) is 17.2 Å². The van der Waals surface area contributed by atoms with E-state index in [0.29, 0.717) is 17.2 Å². The molecule has 138 valence electrons. The van der Waals surface area contributed by atoms with E-state index in [-0.39, 0.29) is 0 Å². The highest BCUT2D eigenvalue weighted by Crippen LogP contribution is 2.16. The molecule has 6 heteroatoms. The molecule has 0 fully saturated rings. The zero-order valence-corrected chi connectivity index (χ0v) is 14.6. The molecule has 0 bridgehead atoms. The summed E-state index contributed by atoms with van der Waals surface area (Å²) < 4.78 is 14.4. The largest absolute Gasteiger partial charge is 0.519 e. The average Bonchev–Trinajstić information content (AvgIpc) is 2.65. The molecule has 0 aromatic heterocycles. The summed E-state index contributed by atoms with van der Waals surface area (Å²) in [6, 6.07) is 24.5. The fourth-order valence-corrected chi connectivity index (χ4v) is 1.96. The third kappa shape index (κ3) is 7.31. The first-order chi connectivity index (χ1) is 13.0. The van der Waals surface area contributed by atoms with Gasteiger partial charge in [-0.3, -0.25) is 0 Å². The van der Waals surface area contributed by atoms with Crippen LogP contribution in [0.2, 0.25) is 0 Å². The molecule has 3 aromatic carbocycles. The van der Waals surface area contributed by atoms with E-state index in [2.05, 4.69) is 4.74 Å². The molecule has 0 heterocycles. The molecule has 0 aliphatic carbocycles. The van der Waals surface area contributed by atoms with Gasteiger partial charge in [-0.1, -0.05) is 54.6 Å². The van der Waals surface area contributed by atoms with E-state index in [0.717, 1.165) is 5.56 Å². The van der Waals surface area contributed by atoms with Crippen molar-refractivity contribution in [3.8, 4) is 17.2 Å². The van der Waals surface area contributed by atoms with E-state index >= 15 is 0 Å². The van der Waals surface area contributed by atoms with Gasteiger partial charge in [-0.05, 0) is 42.8 Å². The normalized spacial score (nSPS) is 9.37. The van der Waals surface area contributed by atoms with Crippen LogP contribution in [-0.4, -0.2) is 17.4 Å². The Morgan fingerprint density at radius 1 is 0.667 bits per heavy atom. The Hall–Kier alpha value is -3.80. The summed E-state index contributed by atoms with van der Waals surface area (Å²) in [5, 5.41) is 8.27. The number of hydrogen-bond donors (Lipinski definition) is 1. The summed E-state index contributed by atoms with van der Waals surface area (Å²) >= 11 is 0. The average molecular weight is 366 g/mol. The monoisotopic (exact) mass is 366 g/mol. The minimum Gasteiger partial charge on any atom is -0.449 e. The van der Waals surface area contributed by atoms with Crippen LogP contribution < -0.4 is 14.2 Å². The molecular weight excluding hydrogens is 348 g/mol. The zero-order valence-electron chi connectivity index (χ0n) is 14.6. The van der Waals surface area contributed by atoms with Crippen LogP contribution >= 0.6 is 0 Å². The van der Waals surface area contributed by atoms with E-state index in [9.17, 15) is 9.59 Å². The van der Waals surface area contributed by atoms with Crippen LogP contribution in [0.15, 0.2) is 84.9 Å². The molecule has 0 unspecified atom stereocenters. The van der Waals surface area contributed by atoms with Crippen molar-refractivity contribution in [3.05, 3.63) is 90.5 Å². The van der Waals surface area contributed by atoms with Crippen molar-refractivity contribution in [3.63, 3.8) is 0 Å². The zero-order chi connectivity index (χ0) is 19.5.